The molecule has 2 rings (SSSR count). The lowest BCUT2D eigenvalue weighted by molar-refractivity contribution is 0.628. The van der Waals surface area contributed by atoms with Crippen molar-refractivity contribution < 1.29 is 4.39 Å². The summed E-state index contributed by atoms with van der Waals surface area (Å²) in [4.78, 5) is 7.12. The molecule has 0 amide bonds. The smallest absolute Gasteiger partial charge is 0.141 e. The first kappa shape index (κ1) is 10.1. The van der Waals surface area contributed by atoms with Crippen molar-refractivity contribution in [2.75, 3.05) is 0 Å². The van der Waals surface area contributed by atoms with E-state index in [4.69, 9.17) is 17.3 Å². The Bertz CT molecular complexity index is 481. The number of nitrogens with two attached hydrogens (primary N) is 1. The number of H-pyrrole nitrogens is 1. The SMILES string of the molecule is NCc1cnc(-c2ccc(F)c(Cl)c2)[nH]1. The van der Waals surface area contributed by atoms with E-state index in [1.165, 1.54) is 12.1 Å². The van der Waals surface area contributed by atoms with Gasteiger partial charge in [-0.2, -0.15) is 0 Å². The first-order valence-electron chi connectivity index (χ1n) is 4.40. The Labute approximate surface area is 91.1 Å². The van der Waals surface area contributed by atoms with Gasteiger partial charge in [-0.15, -0.1) is 0 Å². The third-order valence-electron chi connectivity index (χ3n) is 2.04. The summed E-state index contributed by atoms with van der Waals surface area (Å²) in [5.74, 6) is 0.198. The molecule has 0 aliphatic carbocycles. The highest BCUT2D eigenvalue weighted by Crippen LogP contribution is 2.22. The van der Waals surface area contributed by atoms with E-state index in [1.807, 2.05) is 0 Å². The minimum absolute atomic E-state index is 0.0817. The van der Waals surface area contributed by atoms with Crippen molar-refractivity contribution in [2.24, 2.45) is 5.73 Å². The van der Waals surface area contributed by atoms with Crippen LogP contribution in [0.4, 0.5) is 4.39 Å². The first-order valence-corrected chi connectivity index (χ1v) is 4.78. The number of hydrogen-bond acceptors (Lipinski definition) is 2. The summed E-state index contributed by atoms with van der Waals surface area (Å²) < 4.78 is 12.9. The molecule has 5 heteroatoms. The molecule has 0 atom stereocenters. The summed E-state index contributed by atoms with van der Waals surface area (Å²) >= 11 is 5.66. The fourth-order valence-electron chi connectivity index (χ4n) is 1.25. The molecule has 3 N–H and O–H groups in total. The molecular formula is C10H9ClFN3. The highest BCUT2D eigenvalue weighted by molar-refractivity contribution is 6.31. The van der Waals surface area contributed by atoms with Crippen LogP contribution in [0, 0.1) is 5.82 Å². The molecule has 0 fully saturated rings. The van der Waals surface area contributed by atoms with Crippen LogP contribution in [0.3, 0.4) is 0 Å². The van der Waals surface area contributed by atoms with Crippen LogP contribution in [0.15, 0.2) is 24.4 Å². The second-order valence-corrected chi connectivity index (χ2v) is 3.50. The zero-order chi connectivity index (χ0) is 10.8. The lowest BCUT2D eigenvalue weighted by Gasteiger charge is -1.98. The third kappa shape index (κ3) is 2.00. The fourth-order valence-corrected chi connectivity index (χ4v) is 1.43. The number of nitrogens with zero attached hydrogens (tertiary/aromatic N) is 1. The van der Waals surface area contributed by atoms with Crippen LogP contribution in [0.2, 0.25) is 5.02 Å². The van der Waals surface area contributed by atoms with E-state index in [0.29, 0.717) is 12.4 Å². The quantitative estimate of drug-likeness (QED) is 0.824. The third-order valence-corrected chi connectivity index (χ3v) is 2.33. The Morgan fingerprint density at radius 1 is 1.47 bits per heavy atom. The summed E-state index contributed by atoms with van der Waals surface area (Å²) in [6.45, 7) is 0.391. The van der Waals surface area contributed by atoms with Gasteiger partial charge in [-0.05, 0) is 18.2 Å². The largest absolute Gasteiger partial charge is 0.341 e. The van der Waals surface area contributed by atoms with Crippen LogP contribution in [0.5, 0.6) is 0 Å². The molecule has 0 radical (unpaired) electrons. The predicted octanol–water partition coefficient (Wildman–Crippen LogP) is 2.33. The van der Waals surface area contributed by atoms with Gasteiger partial charge in [0.15, 0.2) is 0 Å². The van der Waals surface area contributed by atoms with Crippen molar-refractivity contribution >= 4 is 11.6 Å². The van der Waals surface area contributed by atoms with Crippen molar-refractivity contribution in [3.8, 4) is 11.4 Å². The van der Waals surface area contributed by atoms with Crippen molar-refractivity contribution in [1.82, 2.24) is 9.97 Å². The van der Waals surface area contributed by atoms with Crippen LogP contribution in [0.1, 0.15) is 5.69 Å². The molecule has 78 valence electrons. The maximum atomic E-state index is 12.9. The summed E-state index contributed by atoms with van der Waals surface area (Å²) in [5.41, 5.74) is 7.00. The van der Waals surface area contributed by atoms with E-state index in [2.05, 4.69) is 9.97 Å². The van der Waals surface area contributed by atoms with Crippen molar-refractivity contribution in [3.05, 3.63) is 40.9 Å². The minimum atomic E-state index is -0.439. The molecule has 0 unspecified atom stereocenters. The normalized spacial score (nSPS) is 10.6. The number of nitrogens with one attached hydrogen (secondary N) is 1. The van der Waals surface area contributed by atoms with E-state index in [1.54, 1.807) is 12.3 Å². The molecule has 0 bridgehead atoms. The predicted molar refractivity (Wildman–Crippen MR) is 56.9 cm³/mol. The fraction of sp³-hybridized carbons (Fsp3) is 0.100. The number of aromatic nitrogens is 2. The molecule has 0 saturated carbocycles. The van der Waals surface area contributed by atoms with Gasteiger partial charge in [-0.3, -0.25) is 0 Å². The van der Waals surface area contributed by atoms with E-state index in [0.717, 1.165) is 11.3 Å². The van der Waals surface area contributed by atoms with E-state index in [-0.39, 0.29) is 5.02 Å². The van der Waals surface area contributed by atoms with Crippen molar-refractivity contribution in [3.63, 3.8) is 0 Å². The van der Waals surface area contributed by atoms with Crippen molar-refractivity contribution in [2.45, 2.75) is 6.54 Å². The minimum Gasteiger partial charge on any atom is -0.341 e. The van der Waals surface area contributed by atoms with Crippen LogP contribution >= 0.6 is 11.6 Å². The van der Waals surface area contributed by atoms with Gasteiger partial charge in [0.25, 0.3) is 0 Å². The molecule has 3 nitrogen and oxygen atoms in total. The van der Waals surface area contributed by atoms with E-state index in [9.17, 15) is 4.39 Å². The van der Waals surface area contributed by atoms with Crippen LogP contribution < -0.4 is 5.73 Å². The highest BCUT2D eigenvalue weighted by Gasteiger charge is 2.05. The Hall–Kier alpha value is -1.39. The summed E-state index contributed by atoms with van der Waals surface area (Å²) in [7, 11) is 0. The van der Waals surface area contributed by atoms with E-state index >= 15 is 0 Å². The zero-order valence-electron chi connectivity index (χ0n) is 7.80. The second kappa shape index (κ2) is 4.00. The zero-order valence-corrected chi connectivity index (χ0v) is 8.55. The van der Waals surface area contributed by atoms with Gasteiger partial charge in [0.1, 0.15) is 11.6 Å². The lowest BCUT2D eigenvalue weighted by Crippen LogP contribution is -1.95. The topological polar surface area (TPSA) is 54.7 Å². The Balaban J connectivity index is 2.40. The molecular weight excluding hydrogens is 217 g/mol. The standard InChI is InChI=1S/C10H9ClFN3/c11-8-3-6(1-2-9(8)12)10-14-5-7(4-13)15-10/h1-3,5H,4,13H2,(H,14,15). The van der Waals surface area contributed by atoms with Crippen LogP contribution in [-0.4, -0.2) is 9.97 Å². The number of hydrogen-bond donors (Lipinski definition) is 2. The van der Waals surface area contributed by atoms with Gasteiger partial charge in [-0.25, -0.2) is 9.37 Å². The molecule has 0 saturated heterocycles. The average Bonchev–Trinajstić information content (AvgIpc) is 2.70. The molecule has 0 aliphatic heterocycles. The monoisotopic (exact) mass is 225 g/mol. The van der Waals surface area contributed by atoms with Crippen molar-refractivity contribution in [1.29, 1.82) is 0 Å². The highest BCUT2D eigenvalue weighted by atomic mass is 35.5. The van der Waals surface area contributed by atoms with Gasteiger partial charge in [0.05, 0.1) is 5.02 Å². The number of halogens is 2. The molecule has 0 aliphatic rings. The number of imidazole rings is 1. The lowest BCUT2D eigenvalue weighted by atomic mass is 10.2. The number of benzene rings is 1. The average molecular weight is 226 g/mol. The number of rotatable bonds is 2. The summed E-state index contributed by atoms with van der Waals surface area (Å²) in [6, 6.07) is 4.44. The summed E-state index contributed by atoms with van der Waals surface area (Å²) in [5, 5.41) is 0.0817. The van der Waals surface area contributed by atoms with Crippen LogP contribution in [0.25, 0.3) is 11.4 Å². The maximum absolute atomic E-state index is 12.9. The summed E-state index contributed by atoms with van der Waals surface area (Å²) in [6.07, 6.45) is 1.65. The van der Waals surface area contributed by atoms with E-state index < -0.39 is 5.82 Å². The Kier molecular flexibility index (Phi) is 2.70. The second-order valence-electron chi connectivity index (χ2n) is 3.09. The molecule has 1 aromatic carbocycles. The Morgan fingerprint density at radius 2 is 2.27 bits per heavy atom. The molecule has 1 aromatic heterocycles. The molecule has 15 heavy (non-hydrogen) atoms. The first-order chi connectivity index (χ1) is 7.20. The number of aromatic amines is 1. The van der Waals surface area contributed by atoms with Gasteiger partial charge in [-0.1, -0.05) is 11.6 Å². The van der Waals surface area contributed by atoms with Crippen LogP contribution in [-0.2, 0) is 6.54 Å². The maximum Gasteiger partial charge on any atom is 0.141 e. The Morgan fingerprint density at radius 3 is 2.87 bits per heavy atom. The van der Waals surface area contributed by atoms with Gasteiger partial charge in [0.2, 0.25) is 0 Å². The van der Waals surface area contributed by atoms with Gasteiger partial charge >= 0.3 is 0 Å². The molecule has 0 spiro atoms. The van der Waals surface area contributed by atoms with Gasteiger partial charge < -0.3 is 10.7 Å². The van der Waals surface area contributed by atoms with Gasteiger partial charge in [0, 0.05) is 24.0 Å². The molecule has 1 heterocycles. The molecule has 2 aromatic rings.